The fourth-order valence-electron chi connectivity index (χ4n) is 2.14. The van der Waals surface area contributed by atoms with Crippen LogP contribution in [0.4, 0.5) is 0 Å². The molecule has 1 aliphatic rings. The second-order valence-electron chi connectivity index (χ2n) is 5.71. The van der Waals surface area contributed by atoms with Crippen molar-refractivity contribution in [2.75, 3.05) is 25.5 Å². The quantitative estimate of drug-likeness (QED) is 0.771. The van der Waals surface area contributed by atoms with Gasteiger partial charge < -0.3 is 10.1 Å². The molecule has 2 rings (SSSR count). The molecule has 1 unspecified atom stereocenters. The number of hydrogen-bond acceptors (Lipinski definition) is 3. The summed E-state index contributed by atoms with van der Waals surface area (Å²) in [7, 11) is 0. The molecule has 2 nitrogen and oxygen atoms in total. The van der Waals surface area contributed by atoms with Crippen LogP contribution in [0.15, 0.2) is 29.2 Å². The van der Waals surface area contributed by atoms with E-state index in [1.165, 1.54) is 22.6 Å². The zero-order chi connectivity index (χ0) is 13.5. The van der Waals surface area contributed by atoms with E-state index in [1.807, 2.05) is 11.8 Å². The molecule has 0 bridgehead atoms. The summed E-state index contributed by atoms with van der Waals surface area (Å²) < 4.78 is 5.41. The lowest BCUT2D eigenvalue weighted by Gasteiger charge is -2.09. The summed E-state index contributed by atoms with van der Waals surface area (Å²) in [6.07, 6.45) is 1.23. The van der Waals surface area contributed by atoms with E-state index in [1.54, 1.807) is 0 Å². The van der Waals surface area contributed by atoms with Crippen LogP contribution in [0.25, 0.3) is 0 Å². The van der Waals surface area contributed by atoms with Crippen molar-refractivity contribution in [1.29, 1.82) is 0 Å². The summed E-state index contributed by atoms with van der Waals surface area (Å²) in [4.78, 5) is 1.37. The van der Waals surface area contributed by atoms with Crippen molar-refractivity contribution in [3.05, 3.63) is 29.8 Å². The molecule has 1 fully saturated rings. The number of nitrogens with one attached hydrogen (secondary N) is 1. The van der Waals surface area contributed by atoms with Crippen LogP contribution in [0, 0.1) is 11.8 Å². The molecule has 1 aliphatic heterocycles. The first kappa shape index (κ1) is 14.9. The minimum atomic E-state index is 0.712. The van der Waals surface area contributed by atoms with Gasteiger partial charge in [0.2, 0.25) is 0 Å². The van der Waals surface area contributed by atoms with E-state index < -0.39 is 0 Å². The molecule has 0 spiro atoms. The van der Waals surface area contributed by atoms with Gasteiger partial charge in [0.25, 0.3) is 0 Å². The summed E-state index contributed by atoms with van der Waals surface area (Å²) >= 11 is 1.95. The average molecular weight is 279 g/mol. The monoisotopic (exact) mass is 279 g/mol. The van der Waals surface area contributed by atoms with Gasteiger partial charge in [-0.3, -0.25) is 0 Å². The van der Waals surface area contributed by atoms with Crippen LogP contribution in [-0.4, -0.2) is 25.5 Å². The molecule has 0 amide bonds. The highest BCUT2D eigenvalue weighted by atomic mass is 32.2. The van der Waals surface area contributed by atoms with Crippen LogP contribution >= 0.6 is 11.8 Å². The highest BCUT2D eigenvalue weighted by Crippen LogP contribution is 2.24. The number of thioether (sulfide) groups is 1. The molecule has 0 radical (unpaired) electrons. The molecule has 3 heteroatoms. The first-order valence-corrected chi connectivity index (χ1v) is 8.23. The molecule has 19 heavy (non-hydrogen) atoms. The lowest BCUT2D eigenvalue weighted by molar-refractivity contribution is 0.189. The van der Waals surface area contributed by atoms with Gasteiger partial charge in [-0.1, -0.05) is 26.0 Å². The Labute approximate surface area is 121 Å². The van der Waals surface area contributed by atoms with Gasteiger partial charge in [-0.2, -0.15) is 0 Å². The van der Waals surface area contributed by atoms with Crippen molar-refractivity contribution >= 4 is 11.8 Å². The topological polar surface area (TPSA) is 21.3 Å². The van der Waals surface area contributed by atoms with Crippen molar-refractivity contribution in [2.45, 2.75) is 31.7 Å². The minimum absolute atomic E-state index is 0.712. The van der Waals surface area contributed by atoms with Crippen molar-refractivity contribution in [2.24, 2.45) is 11.8 Å². The van der Waals surface area contributed by atoms with E-state index in [9.17, 15) is 0 Å². The summed E-state index contributed by atoms with van der Waals surface area (Å²) in [5.41, 5.74) is 1.37. The summed E-state index contributed by atoms with van der Waals surface area (Å²) in [5.74, 6) is 2.64. The van der Waals surface area contributed by atoms with E-state index in [0.29, 0.717) is 5.92 Å². The van der Waals surface area contributed by atoms with Crippen molar-refractivity contribution in [3.8, 4) is 0 Å². The largest absolute Gasteiger partial charge is 0.381 e. The van der Waals surface area contributed by atoms with Gasteiger partial charge in [0.05, 0.1) is 6.61 Å². The third-order valence-corrected chi connectivity index (χ3v) is 4.56. The fourth-order valence-corrected chi connectivity index (χ4v) is 3.16. The smallest absolute Gasteiger partial charge is 0.0503 e. The molecule has 0 aliphatic carbocycles. The average Bonchev–Trinajstić information content (AvgIpc) is 2.90. The normalized spacial score (nSPS) is 19.2. The summed E-state index contributed by atoms with van der Waals surface area (Å²) in [6, 6.07) is 8.96. The number of benzene rings is 1. The molecular formula is C16H25NOS. The van der Waals surface area contributed by atoms with E-state index in [2.05, 4.69) is 43.4 Å². The zero-order valence-electron chi connectivity index (χ0n) is 12.0. The van der Waals surface area contributed by atoms with Crippen molar-refractivity contribution < 1.29 is 4.74 Å². The van der Waals surface area contributed by atoms with Gasteiger partial charge in [0.15, 0.2) is 0 Å². The van der Waals surface area contributed by atoms with Gasteiger partial charge in [-0.05, 0) is 42.5 Å². The molecular weight excluding hydrogens is 254 g/mol. The van der Waals surface area contributed by atoms with Crippen molar-refractivity contribution in [3.63, 3.8) is 0 Å². The highest BCUT2D eigenvalue weighted by molar-refractivity contribution is 7.99. The lowest BCUT2D eigenvalue weighted by atomic mass is 10.2. The molecule has 1 saturated heterocycles. The standard InChI is InChI=1S/C16H25NOS/c1-13(2)9-17-10-14-3-5-16(6-4-14)19-12-15-7-8-18-11-15/h3-6,13,15,17H,7-12H2,1-2H3. The Kier molecular flexibility index (Phi) is 6.21. The maximum atomic E-state index is 5.41. The maximum Gasteiger partial charge on any atom is 0.0503 e. The summed E-state index contributed by atoms with van der Waals surface area (Å²) in [6.45, 7) is 8.42. The Morgan fingerprint density at radius 1 is 1.32 bits per heavy atom. The van der Waals surface area contributed by atoms with Crippen LogP contribution in [0.5, 0.6) is 0 Å². The predicted molar refractivity (Wildman–Crippen MR) is 82.6 cm³/mol. The second-order valence-corrected chi connectivity index (χ2v) is 6.80. The Hall–Kier alpha value is -0.510. The number of rotatable bonds is 7. The number of ether oxygens (including phenoxy) is 1. The third kappa shape index (κ3) is 5.55. The Morgan fingerprint density at radius 2 is 2.11 bits per heavy atom. The van der Waals surface area contributed by atoms with Gasteiger partial charge in [0.1, 0.15) is 0 Å². The van der Waals surface area contributed by atoms with E-state index in [4.69, 9.17) is 4.74 Å². The number of hydrogen-bond donors (Lipinski definition) is 1. The second kappa shape index (κ2) is 7.93. The van der Waals surface area contributed by atoms with Crippen molar-refractivity contribution in [1.82, 2.24) is 5.32 Å². The van der Waals surface area contributed by atoms with E-state index in [-0.39, 0.29) is 0 Å². The highest BCUT2D eigenvalue weighted by Gasteiger charge is 2.15. The predicted octanol–water partition coefficient (Wildman–Crippen LogP) is 3.56. The molecule has 0 aromatic heterocycles. The van der Waals surface area contributed by atoms with E-state index in [0.717, 1.165) is 32.2 Å². The maximum absolute atomic E-state index is 5.41. The van der Waals surface area contributed by atoms with Gasteiger partial charge in [0, 0.05) is 23.8 Å². The zero-order valence-corrected chi connectivity index (χ0v) is 12.8. The van der Waals surface area contributed by atoms with Gasteiger partial charge in [-0.15, -0.1) is 11.8 Å². The molecule has 1 atom stereocenters. The molecule has 1 aromatic rings. The van der Waals surface area contributed by atoms with Crippen LogP contribution in [0.3, 0.4) is 0 Å². The Bertz CT molecular complexity index is 358. The SMILES string of the molecule is CC(C)CNCc1ccc(SCC2CCOC2)cc1. The minimum Gasteiger partial charge on any atom is -0.381 e. The Morgan fingerprint density at radius 3 is 2.74 bits per heavy atom. The molecule has 1 aromatic carbocycles. The molecule has 0 saturated carbocycles. The van der Waals surface area contributed by atoms with Gasteiger partial charge in [-0.25, -0.2) is 0 Å². The fraction of sp³-hybridized carbons (Fsp3) is 0.625. The van der Waals surface area contributed by atoms with E-state index >= 15 is 0 Å². The van der Waals surface area contributed by atoms with Crippen LogP contribution in [0.2, 0.25) is 0 Å². The first-order chi connectivity index (χ1) is 9.24. The van der Waals surface area contributed by atoms with Crippen LogP contribution in [-0.2, 0) is 11.3 Å². The van der Waals surface area contributed by atoms with Gasteiger partial charge >= 0.3 is 0 Å². The summed E-state index contributed by atoms with van der Waals surface area (Å²) in [5, 5.41) is 3.47. The third-order valence-electron chi connectivity index (χ3n) is 3.31. The molecule has 1 heterocycles. The van der Waals surface area contributed by atoms with Crippen LogP contribution in [0.1, 0.15) is 25.8 Å². The molecule has 1 N–H and O–H groups in total. The van der Waals surface area contributed by atoms with Crippen LogP contribution < -0.4 is 5.32 Å². The molecule has 106 valence electrons. The first-order valence-electron chi connectivity index (χ1n) is 7.24. The lowest BCUT2D eigenvalue weighted by Crippen LogP contribution is -2.18. The Balaban J connectivity index is 1.71.